The summed E-state index contributed by atoms with van der Waals surface area (Å²) in [6, 6.07) is 0.562. The van der Waals surface area contributed by atoms with E-state index in [-0.39, 0.29) is 0 Å². The summed E-state index contributed by atoms with van der Waals surface area (Å²) in [6.45, 7) is 9.68. The molecule has 0 radical (unpaired) electrons. The van der Waals surface area contributed by atoms with Gasteiger partial charge in [-0.3, -0.25) is 0 Å². The van der Waals surface area contributed by atoms with Gasteiger partial charge in [-0.2, -0.15) is 0 Å². The van der Waals surface area contributed by atoms with Crippen molar-refractivity contribution >= 4 is 11.6 Å². The Balaban J connectivity index is 2.21. The first kappa shape index (κ1) is 15.1. The zero-order valence-electron chi connectivity index (χ0n) is 13.3. The summed E-state index contributed by atoms with van der Waals surface area (Å²) < 4.78 is 0. The Hall–Kier alpha value is -1.32. The topological polar surface area (TPSA) is 49.8 Å². The third-order valence-corrected chi connectivity index (χ3v) is 4.23. The molecule has 0 bridgehead atoms. The molecular weight excluding hydrogens is 248 g/mol. The lowest BCUT2D eigenvalue weighted by atomic mass is 10.1. The molecule has 0 aliphatic heterocycles. The van der Waals surface area contributed by atoms with E-state index in [1.807, 2.05) is 0 Å². The summed E-state index contributed by atoms with van der Waals surface area (Å²) in [5, 5.41) is 7.08. The Bertz CT molecular complexity index is 444. The second-order valence-electron chi connectivity index (χ2n) is 5.90. The minimum Gasteiger partial charge on any atom is -0.370 e. The van der Waals surface area contributed by atoms with Crippen LogP contribution in [-0.2, 0) is 6.42 Å². The van der Waals surface area contributed by atoms with Gasteiger partial charge in [-0.1, -0.05) is 27.2 Å². The van der Waals surface area contributed by atoms with E-state index < -0.39 is 0 Å². The third kappa shape index (κ3) is 3.41. The van der Waals surface area contributed by atoms with Crippen LogP contribution in [0.3, 0.4) is 0 Å². The molecule has 1 aromatic rings. The van der Waals surface area contributed by atoms with E-state index in [2.05, 4.69) is 43.3 Å². The van der Waals surface area contributed by atoms with Crippen LogP contribution in [0.5, 0.6) is 0 Å². The molecule has 1 aromatic heterocycles. The average molecular weight is 276 g/mol. The number of rotatable bonds is 6. The van der Waals surface area contributed by atoms with Crippen LogP contribution in [0.15, 0.2) is 0 Å². The Morgan fingerprint density at radius 3 is 2.50 bits per heavy atom. The van der Waals surface area contributed by atoms with E-state index in [9.17, 15) is 0 Å². The summed E-state index contributed by atoms with van der Waals surface area (Å²) in [6.07, 6.45) is 5.88. The zero-order chi connectivity index (χ0) is 14.5. The Morgan fingerprint density at radius 1 is 1.15 bits per heavy atom. The molecule has 2 atom stereocenters. The molecular formula is C16H28N4. The first-order chi connectivity index (χ1) is 9.65. The fraction of sp³-hybridized carbons (Fsp3) is 0.750. The van der Waals surface area contributed by atoms with E-state index in [1.54, 1.807) is 0 Å². The van der Waals surface area contributed by atoms with Gasteiger partial charge < -0.3 is 10.6 Å². The lowest BCUT2D eigenvalue weighted by Crippen LogP contribution is -2.24. The van der Waals surface area contributed by atoms with E-state index in [0.717, 1.165) is 48.3 Å². The molecule has 0 amide bonds. The smallest absolute Gasteiger partial charge is 0.135 e. The molecule has 2 N–H and O–H groups in total. The molecule has 0 saturated heterocycles. The summed E-state index contributed by atoms with van der Waals surface area (Å²) in [7, 11) is 0. The van der Waals surface area contributed by atoms with Crippen molar-refractivity contribution < 1.29 is 0 Å². The highest BCUT2D eigenvalue weighted by atomic mass is 15.1. The van der Waals surface area contributed by atoms with E-state index in [4.69, 9.17) is 4.98 Å². The van der Waals surface area contributed by atoms with Gasteiger partial charge in [0, 0.05) is 24.6 Å². The van der Waals surface area contributed by atoms with Crippen LogP contribution in [0.4, 0.5) is 11.6 Å². The molecule has 112 valence electrons. The number of hydrogen-bond donors (Lipinski definition) is 2. The van der Waals surface area contributed by atoms with Crippen molar-refractivity contribution in [2.24, 2.45) is 5.92 Å². The van der Waals surface area contributed by atoms with Gasteiger partial charge >= 0.3 is 0 Å². The number of nitrogens with one attached hydrogen (secondary N) is 2. The molecule has 4 heteroatoms. The van der Waals surface area contributed by atoms with Crippen LogP contribution in [0, 0.1) is 12.8 Å². The van der Waals surface area contributed by atoms with Crippen LogP contribution in [0.2, 0.25) is 0 Å². The molecule has 2 unspecified atom stereocenters. The predicted octanol–water partition coefficient (Wildman–Crippen LogP) is 3.77. The maximum absolute atomic E-state index is 4.70. The highest BCUT2D eigenvalue weighted by molar-refractivity contribution is 5.57. The van der Waals surface area contributed by atoms with Crippen molar-refractivity contribution in [1.29, 1.82) is 0 Å². The van der Waals surface area contributed by atoms with Crippen LogP contribution < -0.4 is 10.6 Å². The van der Waals surface area contributed by atoms with E-state index in [0.29, 0.717) is 6.04 Å². The van der Waals surface area contributed by atoms with Gasteiger partial charge in [0.2, 0.25) is 0 Å². The van der Waals surface area contributed by atoms with Crippen LogP contribution in [-0.4, -0.2) is 22.6 Å². The number of hydrogen-bond acceptors (Lipinski definition) is 4. The number of aryl methyl sites for hydroxylation is 1. The van der Waals surface area contributed by atoms with Gasteiger partial charge in [-0.15, -0.1) is 0 Å². The SMILES string of the molecule is CCCNc1nc(CC)nc(NC2CCCC2C)c1C. The molecule has 4 nitrogen and oxygen atoms in total. The second-order valence-corrected chi connectivity index (χ2v) is 5.90. The fourth-order valence-electron chi connectivity index (χ4n) is 2.81. The molecule has 1 saturated carbocycles. The molecule has 0 spiro atoms. The Morgan fingerprint density at radius 2 is 1.90 bits per heavy atom. The van der Waals surface area contributed by atoms with Crippen LogP contribution in [0.1, 0.15) is 57.8 Å². The minimum absolute atomic E-state index is 0.562. The van der Waals surface area contributed by atoms with Crippen molar-refractivity contribution in [3.8, 4) is 0 Å². The average Bonchev–Trinajstić information content (AvgIpc) is 2.85. The van der Waals surface area contributed by atoms with Crippen LogP contribution >= 0.6 is 0 Å². The molecule has 1 fully saturated rings. The molecule has 1 aliphatic carbocycles. The lowest BCUT2D eigenvalue weighted by Gasteiger charge is -2.21. The first-order valence-electron chi connectivity index (χ1n) is 8.03. The number of anilines is 2. The summed E-state index contributed by atoms with van der Waals surface area (Å²) in [5.41, 5.74) is 1.15. The summed E-state index contributed by atoms with van der Waals surface area (Å²) in [5.74, 6) is 3.67. The maximum Gasteiger partial charge on any atom is 0.135 e. The summed E-state index contributed by atoms with van der Waals surface area (Å²) >= 11 is 0. The first-order valence-corrected chi connectivity index (χ1v) is 8.03. The highest BCUT2D eigenvalue weighted by Gasteiger charge is 2.24. The number of aromatic nitrogens is 2. The zero-order valence-corrected chi connectivity index (χ0v) is 13.3. The number of nitrogens with zero attached hydrogens (tertiary/aromatic N) is 2. The van der Waals surface area contributed by atoms with Gasteiger partial charge in [0.15, 0.2) is 0 Å². The maximum atomic E-state index is 4.70. The van der Waals surface area contributed by atoms with Crippen molar-refractivity contribution in [2.45, 2.75) is 65.8 Å². The van der Waals surface area contributed by atoms with Gasteiger partial charge in [0.1, 0.15) is 17.5 Å². The summed E-state index contributed by atoms with van der Waals surface area (Å²) in [4.78, 5) is 9.32. The van der Waals surface area contributed by atoms with Gasteiger partial charge in [-0.05, 0) is 32.1 Å². The Labute approximate surface area is 122 Å². The highest BCUT2D eigenvalue weighted by Crippen LogP contribution is 2.29. The predicted molar refractivity (Wildman–Crippen MR) is 85.4 cm³/mol. The van der Waals surface area contributed by atoms with Gasteiger partial charge in [-0.25, -0.2) is 9.97 Å². The second kappa shape index (κ2) is 6.91. The fourth-order valence-corrected chi connectivity index (χ4v) is 2.81. The van der Waals surface area contributed by atoms with Crippen molar-refractivity contribution in [1.82, 2.24) is 9.97 Å². The molecule has 2 rings (SSSR count). The van der Waals surface area contributed by atoms with Gasteiger partial charge in [0.05, 0.1) is 0 Å². The lowest BCUT2D eigenvalue weighted by molar-refractivity contribution is 0.554. The molecule has 0 aromatic carbocycles. The van der Waals surface area contributed by atoms with E-state index >= 15 is 0 Å². The normalized spacial score (nSPS) is 22.0. The van der Waals surface area contributed by atoms with Crippen molar-refractivity contribution in [2.75, 3.05) is 17.2 Å². The van der Waals surface area contributed by atoms with Crippen molar-refractivity contribution in [3.63, 3.8) is 0 Å². The molecule has 1 heterocycles. The van der Waals surface area contributed by atoms with E-state index in [1.165, 1.54) is 19.3 Å². The monoisotopic (exact) mass is 276 g/mol. The van der Waals surface area contributed by atoms with Crippen molar-refractivity contribution in [3.05, 3.63) is 11.4 Å². The molecule has 20 heavy (non-hydrogen) atoms. The quantitative estimate of drug-likeness (QED) is 0.830. The standard InChI is InChI=1S/C16H28N4/c1-5-10-17-15-12(4)16(20-14(6-2)19-15)18-13-9-7-8-11(13)3/h11,13H,5-10H2,1-4H3,(H2,17,18,19,20). The third-order valence-electron chi connectivity index (χ3n) is 4.23. The van der Waals surface area contributed by atoms with Crippen LogP contribution in [0.25, 0.3) is 0 Å². The van der Waals surface area contributed by atoms with Gasteiger partial charge in [0.25, 0.3) is 0 Å². The molecule has 1 aliphatic rings. The largest absolute Gasteiger partial charge is 0.370 e. The minimum atomic E-state index is 0.562. The Kier molecular flexibility index (Phi) is 5.21.